The van der Waals surface area contributed by atoms with Gasteiger partial charge in [-0.3, -0.25) is 0 Å². The number of hydrogen-bond donors (Lipinski definition) is 1. The van der Waals surface area contributed by atoms with Crippen LogP contribution in [0.1, 0.15) is 44.6 Å². The van der Waals surface area contributed by atoms with E-state index < -0.39 is 10.0 Å². The van der Waals surface area contributed by atoms with Gasteiger partial charge in [0.2, 0.25) is 10.0 Å². The van der Waals surface area contributed by atoms with Crippen LogP contribution in [0.25, 0.3) is 0 Å². The van der Waals surface area contributed by atoms with Crippen LogP contribution in [0.3, 0.4) is 0 Å². The minimum absolute atomic E-state index is 0.0138. The van der Waals surface area contributed by atoms with E-state index in [2.05, 4.69) is 6.92 Å². The maximum atomic E-state index is 12.7. The summed E-state index contributed by atoms with van der Waals surface area (Å²) in [5, 5.41) is 0. The highest BCUT2D eigenvalue weighted by Gasteiger charge is 2.31. The Balaban J connectivity index is 2.18. The zero-order chi connectivity index (χ0) is 14.6. The molecule has 0 aliphatic carbocycles. The summed E-state index contributed by atoms with van der Waals surface area (Å²) in [6.07, 6.45) is 5.04. The second kappa shape index (κ2) is 6.59. The molecule has 0 spiro atoms. The Kier molecular flexibility index (Phi) is 5.05. The number of anilines is 1. The van der Waals surface area contributed by atoms with Gasteiger partial charge >= 0.3 is 0 Å². The van der Waals surface area contributed by atoms with E-state index in [-0.39, 0.29) is 11.8 Å². The third-order valence-corrected chi connectivity index (χ3v) is 5.82. The van der Waals surface area contributed by atoms with Crippen LogP contribution in [0.15, 0.2) is 24.3 Å². The molecule has 0 aromatic heterocycles. The van der Waals surface area contributed by atoms with E-state index in [0.29, 0.717) is 17.8 Å². The molecule has 1 fully saturated rings. The highest BCUT2D eigenvalue weighted by atomic mass is 32.2. The fraction of sp³-hybridized carbons (Fsp3) is 0.600. The van der Waals surface area contributed by atoms with Gasteiger partial charge in [-0.25, -0.2) is 8.42 Å². The molecule has 1 aromatic carbocycles. The first-order chi connectivity index (χ1) is 9.54. The second-order valence-corrected chi connectivity index (χ2v) is 7.43. The Hall–Kier alpha value is -1.07. The van der Waals surface area contributed by atoms with Gasteiger partial charge in [-0.05, 0) is 30.9 Å². The fourth-order valence-electron chi connectivity index (χ4n) is 2.91. The molecular formula is C15H24N2O2S. The molecule has 5 heteroatoms. The third-order valence-electron chi connectivity index (χ3n) is 3.95. The van der Waals surface area contributed by atoms with Gasteiger partial charge in [0.25, 0.3) is 0 Å². The topological polar surface area (TPSA) is 63.4 Å². The number of sulfonamides is 1. The zero-order valence-electron chi connectivity index (χ0n) is 12.1. The van der Waals surface area contributed by atoms with Crippen LogP contribution >= 0.6 is 0 Å². The molecule has 2 N–H and O–H groups in total. The molecule has 1 aliphatic heterocycles. The van der Waals surface area contributed by atoms with Gasteiger partial charge in [0.15, 0.2) is 0 Å². The lowest BCUT2D eigenvalue weighted by molar-refractivity contribution is 0.239. The highest BCUT2D eigenvalue weighted by Crippen LogP contribution is 2.26. The summed E-state index contributed by atoms with van der Waals surface area (Å²) in [4.78, 5) is 0. The lowest BCUT2D eigenvalue weighted by atomic mass is 10.0. The summed E-state index contributed by atoms with van der Waals surface area (Å²) in [5.74, 6) is 0.0138. The number of benzene rings is 1. The lowest BCUT2D eigenvalue weighted by Gasteiger charge is -2.34. The van der Waals surface area contributed by atoms with Crippen molar-refractivity contribution in [3.63, 3.8) is 0 Å². The number of nitrogens with two attached hydrogens (primary N) is 1. The van der Waals surface area contributed by atoms with Crippen molar-refractivity contribution < 1.29 is 8.42 Å². The van der Waals surface area contributed by atoms with Crippen LogP contribution in [-0.4, -0.2) is 25.3 Å². The Morgan fingerprint density at radius 2 is 2.05 bits per heavy atom. The van der Waals surface area contributed by atoms with E-state index in [1.165, 1.54) is 0 Å². The van der Waals surface area contributed by atoms with Crippen molar-refractivity contribution in [1.29, 1.82) is 0 Å². The molecule has 0 radical (unpaired) electrons. The van der Waals surface area contributed by atoms with Crippen LogP contribution in [0.4, 0.5) is 5.69 Å². The molecule has 1 unspecified atom stereocenters. The van der Waals surface area contributed by atoms with Gasteiger partial charge in [-0.1, -0.05) is 38.0 Å². The maximum Gasteiger partial charge on any atom is 0.218 e. The smallest absolute Gasteiger partial charge is 0.218 e. The molecular weight excluding hydrogens is 272 g/mol. The predicted octanol–water partition coefficient (Wildman–Crippen LogP) is 2.75. The van der Waals surface area contributed by atoms with E-state index >= 15 is 0 Å². The first kappa shape index (κ1) is 15.3. The average Bonchev–Trinajstić information content (AvgIpc) is 2.42. The molecule has 0 saturated carbocycles. The fourth-order valence-corrected chi connectivity index (χ4v) is 4.80. The Morgan fingerprint density at radius 3 is 2.75 bits per heavy atom. The van der Waals surface area contributed by atoms with Gasteiger partial charge < -0.3 is 5.73 Å². The molecule has 112 valence electrons. The minimum Gasteiger partial charge on any atom is -0.398 e. The quantitative estimate of drug-likeness (QED) is 0.850. The Labute approximate surface area is 122 Å². The molecule has 1 aliphatic rings. The molecule has 0 amide bonds. The monoisotopic (exact) mass is 296 g/mol. The molecule has 0 bridgehead atoms. The zero-order valence-corrected chi connectivity index (χ0v) is 12.9. The van der Waals surface area contributed by atoms with Gasteiger partial charge in [0, 0.05) is 18.3 Å². The molecule has 4 nitrogen and oxygen atoms in total. The second-order valence-electron chi connectivity index (χ2n) is 5.50. The SMILES string of the molecule is CCCC1CCCCN1S(=O)(=O)Cc1ccccc1N. The molecule has 2 rings (SSSR count). The Bertz CT molecular complexity index is 541. The standard InChI is InChI=1S/C15H24N2O2S/c1-2-7-14-9-5-6-11-17(14)20(18,19)12-13-8-3-4-10-15(13)16/h3-4,8,10,14H,2,5-7,9,11-12,16H2,1H3. The summed E-state index contributed by atoms with van der Waals surface area (Å²) >= 11 is 0. The average molecular weight is 296 g/mol. The predicted molar refractivity (Wildman–Crippen MR) is 82.7 cm³/mol. The van der Waals surface area contributed by atoms with Crippen LogP contribution in [0.5, 0.6) is 0 Å². The van der Waals surface area contributed by atoms with E-state index in [1.807, 2.05) is 12.1 Å². The minimum atomic E-state index is -3.28. The number of piperidine rings is 1. The van der Waals surface area contributed by atoms with Crippen LogP contribution < -0.4 is 5.73 Å². The van der Waals surface area contributed by atoms with Crippen molar-refractivity contribution in [2.75, 3.05) is 12.3 Å². The summed E-state index contributed by atoms with van der Waals surface area (Å²) < 4.78 is 27.0. The van der Waals surface area contributed by atoms with Crippen molar-refractivity contribution >= 4 is 15.7 Å². The number of rotatable bonds is 5. The number of para-hydroxylation sites is 1. The highest BCUT2D eigenvalue weighted by molar-refractivity contribution is 7.88. The molecule has 1 saturated heterocycles. The van der Waals surface area contributed by atoms with Gasteiger partial charge in [-0.15, -0.1) is 0 Å². The normalized spacial score (nSPS) is 20.9. The summed E-state index contributed by atoms with van der Waals surface area (Å²) in [7, 11) is -3.28. The van der Waals surface area contributed by atoms with Gasteiger partial charge in [0.1, 0.15) is 0 Å². The van der Waals surface area contributed by atoms with E-state index in [0.717, 1.165) is 32.1 Å². The van der Waals surface area contributed by atoms with Crippen LogP contribution in [0, 0.1) is 0 Å². The summed E-state index contributed by atoms with van der Waals surface area (Å²) in [6, 6.07) is 7.38. The molecule has 1 heterocycles. The first-order valence-electron chi connectivity index (χ1n) is 7.37. The van der Waals surface area contributed by atoms with Crippen molar-refractivity contribution in [1.82, 2.24) is 4.31 Å². The number of hydrogen-bond acceptors (Lipinski definition) is 3. The van der Waals surface area contributed by atoms with Gasteiger partial charge in [-0.2, -0.15) is 4.31 Å². The third kappa shape index (κ3) is 3.52. The van der Waals surface area contributed by atoms with Crippen molar-refractivity contribution in [3.8, 4) is 0 Å². The summed E-state index contributed by atoms with van der Waals surface area (Å²) in [6.45, 7) is 2.76. The molecule has 20 heavy (non-hydrogen) atoms. The van der Waals surface area contributed by atoms with Crippen molar-refractivity contribution in [2.24, 2.45) is 0 Å². The number of nitrogen functional groups attached to an aromatic ring is 1. The van der Waals surface area contributed by atoms with Crippen molar-refractivity contribution in [3.05, 3.63) is 29.8 Å². The molecule has 1 aromatic rings. The lowest BCUT2D eigenvalue weighted by Crippen LogP contribution is -2.44. The largest absolute Gasteiger partial charge is 0.398 e. The van der Waals surface area contributed by atoms with Gasteiger partial charge in [0.05, 0.1) is 5.75 Å². The molecule has 1 atom stereocenters. The van der Waals surface area contributed by atoms with Crippen molar-refractivity contribution in [2.45, 2.75) is 50.8 Å². The van der Waals surface area contributed by atoms with E-state index in [4.69, 9.17) is 5.73 Å². The first-order valence-corrected chi connectivity index (χ1v) is 8.98. The van der Waals surface area contributed by atoms with E-state index in [1.54, 1.807) is 16.4 Å². The number of nitrogens with zero attached hydrogens (tertiary/aromatic N) is 1. The van der Waals surface area contributed by atoms with Crippen LogP contribution in [0.2, 0.25) is 0 Å². The maximum absolute atomic E-state index is 12.7. The van der Waals surface area contributed by atoms with E-state index in [9.17, 15) is 8.42 Å². The Morgan fingerprint density at radius 1 is 1.30 bits per heavy atom. The summed E-state index contributed by atoms with van der Waals surface area (Å²) in [5.41, 5.74) is 7.13. The van der Waals surface area contributed by atoms with Crippen LogP contribution in [-0.2, 0) is 15.8 Å².